The number of rotatable bonds is 2. The molecule has 1 aromatic heterocycles. The Labute approximate surface area is 127 Å². The van der Waals surface area contributed by atoms with E-state index < -0.39 is 0 Å². The molecule has 1 fully saturated rings. The topological polar surface area (TPSA) is 55.1 Å². The lowest BCUT2D eigenvalue weighted by molar-refractivity contribution is 0.0933. The number of benzene rings is 1. The van der Waals surface area contributed by atoms with Gasteiger partial charge in [-0.1, -0.05) is 30.9 Å². The Bertz CT molecular complexity index is 647. The number of nitrogens with one attached hydrogen (secondary N) is 1. The molecule has 3 N–H and O–H groups in total. The maximum atomic E-state index is 12.4. The molecule has 1 aromatic carbocycles. The maximum absolute atomic E-state index is 12.4. The summed E-state index contributed by atoms with van der Waals surface area (Å²) < 4.78 is 1.00. The third-order valence-electron chi connectivity index (χ3n) is 3.84. The van der Waals surface area contributed by atoms with Gasteiger partial charge in [-0.3, -0.25) is 4.79 Å². The van der Waals surface area contributed by atoms with Crippen LogP contribution in [-0.4, -0.2) is 11.9 Å². The van der Waals surface area contributed by atoms with Gasteiger partial charge < -0.3 is 11.1 Å². The van der Waals surface area contributed by atoms with E-state index in [9.17, 15) is 4.79 Å². The van der Waals surface area contributed by atoms with Crippen LogP contribution in [0.25, 0.3) is 10.1 Å². The van der Waals surface area contributed by atoms with Gasteiger partial charge in [-0.05, 0) is 31.0 Å². The third kappa shape index (κ3) is 2.63. The number of thiophene rings is 1. The number of nitrogens with two attached hydrogens (primary N) is 1. The summed E-state index contributed by atoms with van der Waals surface area (Å²) >= 11 is 7.42. The lowest BCUT2D eigenvalue weighted by Gasteiger charge is -2.22. The summed E-state index contributed by atoms with van der Waals surface area (Å²) in [6, 6.07) is 5.85. The molecule has 0 spiro atoms. The van der Waals surface area contributed by atoms with Gasteiger partial charge in [0.25, 0.3) is 5.91 Å². The standard InChI is InChI=1S/C15H17ClN2OS/c16-9-6-7-12-11(8-9)13(17)14(20-12)15(19)18-10-4-2-1-3-5-10/h6-8,10H,1-5,17H2,(H,18,19). The largest absolute Gasteiger partial charge is 0.397 e. The molecule has 3 nitrogen and oxygen atoms in total. The minimum Gasteiger partial charge on any atom is -0.397 e. The first kappa shape index (κ1) is 13.7. The van der Waals surface area contributed by atoms with E-state index in [1.807, 2.05) is 18.2 Å². The molecule has 1 aliphatic rings. The second kappa shape index (κ2) is 5.62. The highest BCUT2D eigenvalue weighted by atomic mass is 35.5. The van der Waals surface area contributed by atoms with Crippen LogP contribution < -0.4 is 11.1 Å². The second-order valence-electron chi connectivity index (χ2n) is 5.29. The lowest BCUT2D eigenvalue weighted by atomic mass is 9.95. The number of carbonyl (C=O) groups is 1. The van der Waals surface area contributed by atoms with Crippen LogP contribution in [-0.2, 0) is 0 Å². The highest BCUT2D eigenvalue weighted by molar-refractivity contribution is 7.21. The zero-order chi connectivity index (χ0) is 14.1. The van der Waals surface area contributed by atoms with E-state index in [0.717, 1.165) is 22.9 Å². The van der Waals surface area contributed by atoms with E-state index in [4.69, 9.17) is 17.3 Å². The highest BCUT2D eigenvalue weighted by Crippen LogP contribution is 2.35. The Morgan fingerprint density at radius 1 is 1.30 bits per heavy atom. The molecule has 0 saturated heterocycles. The summed E-state index contributed by atoms with van der Waals surface area (Å²) in [6.07, 6.45) is 5.81. The molecule has 1 aliphatic carbocycles. The number of hydrogen-bond acceptors (Lipinski definition) is 3. The second-order valence-corrected chi connectivity index (χ2v) is 6.78. The van der Waals surface area contributed by atoms with Gasteiger partial charge in [-0.15, -0.1) is 11.3 Å². The van der Waals surface area contributed by atoms with Crippen LogP contribution in [0.3, 0.4) is 0 Å². The summed E-state index contributed by atoms with van der Waals surface area (Å²) in [5.41, 5.74) is 6.65. The van der Waals surface area contributed by atoms with Crippen LogP contribution in [0.4, 0.5) is 5.69 Å². The van der Waals surface area contributed by atoms with Crippen LogP contribution >= 0.6 is 22.9 Å². The Kier molecular flexibility index (Phi) is 3.85. The van der Waals surface area contributed by atoms with Gasteiger partial charge in [0.05, 0.1) is 5.69 Å². The van der Waals surface area contributed by atoms with Crippen molar-refractivity contribution < 1.29 is 4.79 Å². The van der Waals surface area contributed by atoms with Gasteiger partial charge in [0.15, 0.2) is 0 Å². The van der Waals surface area contributed by atoms with Crippen molar-refractivity contribution in [2.45, 2.75) is 38.1 Å². The Balaban J connectivity index is 1.85. The molecule has 2 aromatic rings. The predicted molar refractivity (Wildman–Crippen MR) is 85.6 cm³/mol. The Hall–Kier alpha value is -1.26. The SMILES string of the molecule is Nc1c(C(=O)NC2CCCCC2)sc2ccc(Cl)cc12. The van der Waals surface area contributed by atoms with Crippen molar-refractivity contribution >= 4 is 44.6 Å². The van der Waals surface area contributed by atoms with Gasteiger partial charge in [-0.25, -0.2) is 0 Å². The number of hydrogen-bond donors (Lipinski definition) is 2. The lowest BCUT2D eigenvalue weighted by Crippen LogP contribution is -2.36. The minimum atomic E-state index is -0.0493. The molecule has 1 saturated carbocycles. The fourth-order valence-electron chi connectivity index (χ4n) is 2.76. The average molecular weight is 309 g/mol. The van der Waals surface area contributed by atoms with E-state index in [-0.39, 0.29) is 5.91 Å². The van der Waals surface area contributed by atoms with Gasteiger partial charge in [0.2, 0.25) is 0 Å². The van der Waals surface area contributed by atoms with E-state index in [1.54, 1.807) is 0 Å². The van der Waals surface area contributed by atoms with Crippen LogP contribution in [0, 0.1) is 0 Å². The first-order valence-corrected chi connectivity index (χ1v) is 8.13. The first-order chi connectivity index (χ1) is 9.65. The van der Waals surface area contributed by atoms with Gasteiger partial charge in [0, 0.05) is 21.2 Å². The number of anilines is 1. The van der Waals surface area contributed by atoms with Crippen molar-refractivity contribution in [3.8, 4) is 0 Å². The highest BCUT2D eigenvalue weighted by Gasteiger charge is 2.21. The first-order valence-electron chi connectivity index (χ1n) is 6.93. The smallest absolute Gasteiger partial charge is 0.263 e. The van der Waals surface area contributed by atoms with Crippen molar-refractivity contribution in [3.05, 3.63) is 28.1 Å². The zero-order valence-corrected chi connectivity index (χ0v) is 12.7. The molecule has 0 radical (unpaired) electrons. The van der Waals surface area contributed by atoms with E-state index in [2.05, 4.69) is 5.32 Å². The normalized spacial score (nSPS) is 16.4. The summed E-state index contributed by atoms with van der Waals surface area (Å²) in [5.74, 6) is -0.0493. The maximum Gasteiger partial charge on any atom is 0.263 e. The number of halogens is 1. The molecule has 106 valence electrons. The molecule has 5 heteroatoms. The molecule has 1 heterocycles. The van der Waals surface area contributed by atoms with E-state index in [1.165, 1.54) is 30.6 Å². The fourth-order valence-corrected chi connectivity index (χ4v) is 3.93. The van der Waals surface area contributed by atoms with Gasteiger partial charge in [-0.2, -0.15) is 0 Å². The zero-order valence-electron chi connectivity index (χ0n) is 11.1. The molecule has 0 aliphatic heterocycles. The number of nitrogen functional groups attached to an aromatic ring is 1. The molecular formula is C15H17ClN2OS. The predicted octanol–water partition coefficient (Wildman–Crippen LogP) is 4.20. The van der Waals surface area contributed by atoms with E-state index >= 15 is 0 Å². The van der Waals surface area contributed by atoms with E-state index in [0.29, 0.717) is 21.6 Å². The number of amides is 1. The molecule has 0 atom stereocenters. The van der Waals surface area contributed by atoms with Crippen molar-refractivity contribution in [1.82, 2.24) is 5.32 Å². The van der Waals surface area contributed by atoms with Crippen LogP contribution in [0.1, 0.15) is 41.8 Å². The molecular weight excluding hydrogens is 292 g/mol. The van der Waals surface area contributed by atoms with Crippen molar-refractivity contribution in [1.29, 1.82) is 0 Å². The monoisotopic (exact) mass is 308 g/mol. The Morgan fingerprint density at radius 3 is 2.80 bits per heavy atom. The quantitative estimate of drug-likeness (QED) is 0.873. The van der Waals surface area contributed by atoms with Gasteiger partial charge in [0.1, 0.15) is 4.88 Å². The summed E-state index contributed by atoms with van der Waals surface area (Å²) in [4.78, 5) is 13.0. The van der Waals surface area contributed by atoms with Crippen molar-refractivity contribution in [2.24, 2.45) is 0 Å². The third-order valence-corrected chi connectivity index (χ3v) is 5.26. The fraction of sp³-hybridized carbons (Fsp3) is 0.400. The Morgan fingerprint density at radius 2 is 2.05 bits per heavy atom. The number of fused-ring (bicyclic) bond motifs is 1. The molecule has 3 rings (SSSR count). The van der Waals surface area contributed by atoms with Crippen LogP contribution in [0.15, 0.2) is 18.2 Å². The summed E-state index contributed by atoms with van der Waals surface area (Å²) in [5, 5.41) is 4.62. The summed E-state index contributed by atoms with van der Waals surface area (Å²) in [7, 11) is 0. The van der Waals surface area contributed by atoms with Crippen LogP contribution in [0.5, 0.6) is 0 Å². The molecule has 1 amide bonds. The average Bonchev–Trinajstić information content (AvgIpc) is 2.77. The van der Waals surface area contributed by atoms with Crippen molar-refractivity contribution in [3.63, 3.8) is 0 Å². The molecule has 0 unspecified atom stereocenters. The van der Waals surface area contributed by atoms with Crippen LogP contribution in [0.2, 0.25) is 5.02 Å². The minimum absolute atomic E-state index is 0.0493. The molecule has 0 bridgehead atoms. The van der Waals surface area contributed by atoms with Crippen molar-refractivity contribution in [2.75, 3.05) is 5.73 Å². The number of carbonyl (C=O) groups excluding carboxylic acids is 1. The molecule has 20 heavy (non-hydrogen) atoms. The summed E-state index contributed by atoms with van der Waals surface area (Å²) in [6.45, 7) is 0. The van der Waals surface area contributed by atoms with Gasteiger partial charge >= 0.3 is 0 Å².